The molecule has 0 aromatic carbocycles. The molecule has 2 heterocycles. The lowest BCUT2D eigenvalue weighted by atomic mass is 10.2. The Morgan fingerprint density at radius 2 is 2.14 bits per heavy atom. The van der Waals surface area contributed by atoms with E-state index in [-0.39, 0.29) is 6.03 Å². The Labute approximate surface area is 165 Å². The van der Waals surface area contributed by atoms with Crippen LogP contribution in [0.3, 0.4) is 0 Å². The van der Waals surface area contributed by atoms with Crippen molar-refractivity contribution in [3.05, 3.63) is 54.4 Å². The Morgan fingerprint density at radius 3 is 2.79 bits per heavy atom. The number of carbonyl (C=O) groups excluding carboxylic acids is 1. The zero-order chi connectivity index (χ0) is 20.4. The molecule has 1 aromatic heterocycles. The molecule has 150 valence electrons. The molecule has 2 amide bonds. The van der Waals surface area contributed by atoms with Gasteiger partial charge in [-0.05, 0) is 25.1 Å². The van der Waals surface area contributed by atoms with Crippen molar-refractivity contribution in [1.82, 2.24) is 15.2 Å². The SMILES string of the molecule is C=C/C(=C\C(=C)C)Nc1cnc(NC(=O)NCCN2CCOCC2)cc1C=N. The Bertz CT molecular complexity index is 753. The summed E-state index contributed by atoms with van der Waals surface area (Å²) in [7, 11) is 0. The Kier molecular flexibility index (Phi) is 8.38. The third-order valence-electron chi connectivity index (χ3n) is 4.05. The average molecular weight is 384 g/mol. The second kappa shape index (κ2) is 11.0. The first kappa shape index (κ1) is 21.3. The highest BCUT2D eigenvalue weighted by Gasteiger charge is 2.11. The maximum Gasteiger partial charge on any atom is 0.320 e. The van der Waals surface area contributed by atoms with Gasteiger partial charge in [0, 0.05) is 43.7 Å². The highest BCUT2D eigenvalue weighted by molar-refractivity contribution is 5.92. The van der Waals surface area contributed by atoms with Gasteiger partial charge < -0.3 is 20.8 Å². The molecule has 8 heteroatoms. The quantitative estimate of drug-likeness (QED) is 0.387. The summed E-state index contributed by atoms with van der Waals surface area (Å²) < 4.78 is 5.30. The smallest absolute Gasteiger partial charge is 0.320 e. The van der Waals surface area contributed by atoms with Crippen LogP contribution in [0.15, 0.2) is 48.8 Å². The summed E-state index contributed by atoms with van der Waals surface area (Å²) in [6, 6.07) is 1.31. The molecule has 0 atom stereocenters. The topological polar surface area (TPSA) is 102 Å². The van der Waals surface area contributed by atoms with Gasteiger partial charge in [0.25, 0.3) is 0 Å². The predicted molar refractivity (Wildman–Crippen MR) is 113 cm³/mol. The van der Waals surface area contributed by atoms with E-state index in [0.29, 0.717) is 23.6 Å². The van der Waals surface area contributed by atoms with Gasteiger partial charge >= 0.3 is 6.03 Å². The minimum Gasteiger partial charge on any atom is -0.379 e. The Balaban J connectivity index is 1.91. The van der Waals surface area contributed by atoms with Gasteiger partial charge in [0.05, 0.1) is 25.1 Å². The molecule has 1 aromatic rings. The standard InChI is InChI=1S/C20H28N6O2/c1-4-17(11-15(2)3)24-18-14-23-19(12-16(18)13-21)25-20(27)22-5-6-26-7-9-28-10-8-26/h4,11-14,21,24H,1-2,5-10H2,3H3,(H2,22,23,25,27)/b17-11+,21-13?. The minimum absolute atomic E-state index is 0.327. The van der Waals surface area contributed by atoms with Gasteiger partial charge in [-0.25, -0.2) is 9.78 Å². The van der Waals surface area contributed by atoms with E-state index in [9.17, 15) is 4.79 Å². The van der Waals surface area contributed by atoms with Gasteiger partial charge in [-0.3, -0.25) is 10.2 Å². The van der Waals surface area contributed by atoms with Crippen LogP contribution in [0.2, 0.25) is 0 Å². The lowest BCUT2D eigenvalue weighted by molar-refractivity contribution is 0.0388. The van der Waals surface area contributed by atoms with E-state index in [1.807, 2.05) is 13.0 Å². The fourth-order valence-corrected chi connectivity index (χ4v) is 2.64. The summed E-state index contributed by atoms with van der Waals surface area (Å²) in [6.07, 6.45) is 6.28. The van der Waals surface area contributed by atoms with Crippen molar-refractivity contribution in [3.8, 4) is 0 Å². The van der Waals surface area contributed by atoms with Crippen LogP contribution in [0.25, 0.3) is 0 Å². The molecule has 0 saturated carbocycles. The maximum atomic E-state index is 12.1. The maximum absolute atomic E-state index is 12.1. The molecule has 1 aliphatic rings. The predicted octanol–water partition coefficient (Wildman–Crippen LogP) is 2.59. The zero-order valence-corrected chi connectivity index (χ0v) is 16.3. The van der Waals surface area contributed by atoms with Crippen molar-refractivity contribution in [3.63, 3.8) is 0 Å². The second-order valence-corrected chi connectivity index (χ2v) is 6.41. The molecule has 8 nitrogen and oxygen atoms in total. The molecule has 0 radical (unpaired) electrons. The highest BCUT2D eigenvalue weighted by atomic mass is 16.5. The van der Waals surface area contributed by atoms with E-state index in [1.54, 1.807) is 18.3 Å². The van der Waals surface area contributed by atoms with Gasteiger partial charge in [-0.2, -0.15) is 0 Å². The number of aromatic nitrogens is 1. The van der Waals surface area contributed by atoms with Crippen molar-refractivity contribution >= 4 is 23.8 Å². The van der Waals surface area contributed by atoms with Gasteiger partial charge in [-0.15, -0.1) is 0 Å². The third-order valence-corrected chi connectivity index (χ3v) is 4.05. The van der Waals surface area contributed by atoms with E-state index < -0.39 is 0 Å². The number of rotatable bonds is 9. The summed E-state index contributed by atoms with van der Waals surface area (Å²) in [5.41, 5.74) is 2.85. The molecule has 0 unspecified atom stereocenters. The number of carbonyl (C=O) groups is 1. The van der Waals surface area contributed by atoms with Crippen molar-refractivity contribution in [2.24, 2.45) is 0 Å². The van der Waals surface area contributed by atoms with Crippen molar-refractivity contribution in [1.29, 1.82) is 5.41 Å². The third kappa shape index (κ3) is 6.98. The van der Waals surface area contributed by atoms with Gasteiger partial charge in [0.1, 0.15) is 5.82 Å². The summed E-state index contributed by atoms with van der Waals surface area (Å²) >= 11 is 0. The van der Waals surface area contributed by atoms with Gasteiger partial charge in [-0.1, -0.05) is 18.7 Å². The summed E-state index contributed by atoms with van der Waals surface area (Å²) in [5.74, 6) is 0.372. The normalized spacial score (nSPS) is 14.8. The zero-order valence-electron chi connectivity index (χ0n) is 16.3. The van der Waals surface area contributed by atoms with Crippen LogP contribution in [-0.2, 0) is 4.74 Å². The first-order chi connectivity index (χ1) is 13.5. The fraction of sp³-hybridized carbons (Fsp3) is 0.350. The van der Waals surface area contributed by atoms with E-state index in [0.717, 1.165) is 44.1 Å². The van der Waals surface area contributed by atoms with Crippen LogP contribution in [0, 0.1) is 5.41 Å². The molecule has 2 rings (SSSR count). The molecule has 1 aliphatic heterocycles. The number of anilines is 2. The number of hydrogen-bond acceptors (Lipinski definition) is 6. The second-order valence-electron chi connectivity index (χ2n) is 6.41. The van der Waals surface area contributed by atoms with Crippen molar-refractivity contribution in [2.75, 3.05) is 50.0 Å². The summed E-state index contributed by atoms with van der Waals surface area (Å²) in [4.78, 5) is 18.6. The molecular formula is C20H28N6O2. The number of pyridine rings is 1. The first-order valence-corrected chi connectivity index (χ1v) is 9.14. The number of amides is 2. The number of hydrogen-bond donors (Lipinski definition) is 4. The fourth-order valence-electron chi connectivity index (χ4n) is 2.64. The molecule has 0 bridgehead atoms. The number of nitrogens with one attached hydrogen (secondary N) is 4. The van der Waals surface area contributed by atoms with E-state index in [1.165, 1.54) is 6.21 Å². The highest BCUT2D eigenvalue weighted by Crippen LogP contribution is 2.19. The molecule has 0 spiro atoms. The molecule has 1 fully saturated rings. The van der Waals surface area contributed by atoms with Crippen LogP contribution >= 0.6 is 0 Å². The molecular weight excluding hydrogens is 356 g/mol. The summed E-state index contributed by atoms with van der Waals surface area (Å²) in [6.45, 7) is 14.0. The van der Waals surface area contributed by atoms with Crippen molar-refractivity contribution < 1.29 is 9.53 Å². The largest absolute Gasteiger partial charge is 0.379 e. The van der Waals surface area contributed by atoms with Crippen molar-refractivity contribution in [2.45, 2.75) is 6.92 Å². The monoisotopic (exact) mass is 384 g/mol. The van der Waals surface area contributed by atoms with E-state index in [4.69, 9.17) is 10.1 Å². The summed E-state index contributed by atoms with van der Waals surface area (Å²) in [5, 5.41) is 16.3. The minimum atomic E-state index is -0.327. The Morgan fingerprint density at radius 1 is 1.39 bits per heavy atom. The number of urea groups is 1. The first-order valence-electron chi connectivity index (χ1n) is 9.14. The number of morpholine rings is 1. The molecule has 0 aliphatic carbocycles. The Hall–Kier alpha value is -2.97. The lowest BCUT2D eigenvalue weighted by Gasteiger charge is -2.26. The van der Waals surface area contributed by atoms with Gasteiger partial charge in [0.2, 0.25) is 0 Å². The van der Waals surface area contributed by atoms with E-state index >= 15 is 0 Å². The van der Waals surface area contributed by atoms with Crippen LogP contribution in [0.5, 0.6) is 0 Å². The molecule has 28 heavy (non-hydrogen) atoms. The van der Waals surface area contributed by atoms with Crippen LogP contribution in [0.4, 0.5) is 16.3 Å². The molecule has 1 saturated heterocycles. The number of allylic oxidation sites excluding steroid dienone is 3. The number of ether oxygens (including phenoxy) is 1. The van der Waals surface area contributed by atoms with Gasteiger partial charge in [0.15, 0.2) is 0 Å². The lowest BCUT2D eigenvalue weighted by Crippen LogP contribution is -2.42. The molecule has 4 N–H and O–H groups in total. The van der Waals surface area contributed by atoms with Crippen LogP contribution in [-0.4, -0.2) is 61.5 Å². The van der Waals surface area contributed by atoms with Crippen LogP contribution in [0.1, 0.15) is 12.5 Å². The average Bonchev–Trinajstić information content (AvgIpc) is 2.69. The van der Waals surface area contributed by atoms with E-state index in [2.05, 4.69) is 39.0 Å². The van der Waals surface area contributed by atoms with Crippen LogP contribution < -0.4 is 16.0 Å². The number of nitrogens with zero attached hydrogens (tertiary/aromatic N) is 2.